The number of aromatic nitrogens is 4. The zero-order valence-electron chi connectivity index (χ0n) is 31.9. The van der Waals surface area contributed by atoms with Gasteiger partial charge in [0.15, 0.2) is 0 Å². The molecule has 0 spiro atoms. The Labute approximate surface area is 337 Å². The van der Waals surface area contributed by atoms with Crippen molar-refractivity contribution < 1.29 is 24.1 Å². The Morgan fingerprint density at radius 3 is 2.07 bits per heavy atom. The first-order valence-corrected chi connectivity index (χ1v) is 20.0. The zero-order chi connectivity index (χ0) is 38.3. The van der Waals surface area contributed by atoms with Gasteiger partial charge in [0.1, 0.15) is 0 Å². The monoisotopic (exact) mass is 908 g/mol. The number of pyridine rings is 1. The van der Waals surface area contributed by atoms with E-state index in [2.05, 4.69) is 200 Å². The fourth-order valence-corrected chi connectivity index (χ4v) is 8.95. The predicted octanol–water partition coefficient (Wildman–Crippen LogP) is 11.9. The standard InChI is InChI=1S/C49H39N5O.Pt/c1-32-22-23-50-48(24-32)52-30-33-25-35(54-43-14-8-6-12-40(43)41-13-7-9-15-44(41)54)18-20-39(33)42-21-19-37(29-47(42)52)55-38-27-34(49(2,3)4)26-36(28-38)53-31-51(5)45-16-10-11-17-46(45)53;/h6-27H,30H2,1-5H3;/q-2;. The second-order valence-electron chi connectivity index (χ2n) is 15.7. The first-order valence-electron chi connectivity index (χ1n) is 18.9. The zero-order valence-corrected chi connectivity index (χ0v) is 34.1. The van der Waals surface area contributed by atoms with E-state index < -0.39 is 0 Å². The Kier molecular flexibility index (Phi) is 8.05. The number of imidazole rings is 1. The van der Waals surface area contributed by atoms with Crippen LogP contribution in [0, 0.1) is 22.9 Å². The molecule has 278 valence electrons. The van der Waals surface area contributed by atoms with Crippen LogP contribution in [0.1, 0.15) is 37.5 Å². The van der Waals surface area contributed by atoms with Crippen molar-refractivity contribution in [2.24, 2.45) is 7.05 Å². The molecular weight excluding hydrogens is 870 g/mol. The molecule has 9 aromatic rings. The van der Waals surface area contributed by atoms with Crippen LogP contribution in [0.4, 0.5) is 11.5 Å². The number of nitrogens with zero attached hydrogens (tertiary/aromatic N) is 5. The summed E-state index contributed by atoms with van der Waals surface area (Å²) in [5.74, 6) is 2.14. The summed E-state index contributed by atoms with van der Waals surface area (Å²) in [7, 11) is 2.10. The van der Waals surface area contributed by atoms with Crippen molar-refractivity contribution in [2.75, 3.05) is 4.90 Å². The van der Waals surface area contributed by atoms with Crippen LogP contribution < -0.4 is 9.64 Å². The van der Waals surface area contributed by atoms with E-state index in [1.165, 1.54) is 32.9 Å². The van der Waals surface area contributed by atoms with E-state index in [0.29, 0.717) is 18.0 Å². The van der Waals surface area contributed by atoms with Gasteiger partial charge in [0, 0.05) is 22.7 Å². The van der Waals surface area contributed by atoms with Crippen LogP contribution in [-0.2, 0) is 38.4 Å². The molecule has 1 aliphatic rings. The quantitative estimate of drug-likeness (QED) is 0.162. The van der Waals surface area contributed by atoms with E-state index in [9.17, 15) is 0 Å². The van der Waals surface area contributed by atoms with Crippen molar-refractivity contribution in [1.29, 1.82) is 0 Å². The van der Waals surface area contributed by atoms with Gasteiger partial charge in [0.25, 0.3) is 0 Å². The maximum atomic E-state index is 6.76. The van der Waals surface area contributed by atoms with Gasteiger partial charge in [-0.25, -0.2) is 0 Å². The molecule has 10 rings (SSSR count). The normalized spacial score (nSPS) is 12.7. The SMILES string of the molecule is Cc1ccnc(N2Cc3cc(-n4c5ccccc5c5ccccc54)ccc3-c3ccc(Oc4[c-]c(-n5[c](=[Pt])n(C)c6ccccc65)cc(C(C)(C)C)c4)[c-]c32)c1. The van der Waals surface area contributed by atoms with Crippen LogP contribution >= 0.6 is 0 Å². The van der Waals surface area contributed by atoms with Crippen molar-refractivity contribution in [3.8, 4) is 34.0 Å². The molecule has 0 amide bonds. The van der Waals surface area contributed by atoms with E-state index >= 15 is 0 Å². The Morgan fingerprint density at radius 2 is 1.36 bits per heavy atom. The first kappa shape index (κ1) is 34.5. The molecule has 1 aliphatic heterocycles. The summed E-state index contributed by atoms with van der Waals surface area (Å²) < 4.78 is 14.7. The van der Waals surface area contributed by atoms with Gasteiger partial charge in [-0.15, -0.1) is 0 Å². The van der Waals surface area contributed by atoms with Crippen LogP contribution in [0.15, 0.2) is 134 Å². The molecule has 7 heteroatoms. The summed E-state index contributed by atoms with van der Waals surface area (Å²) >= 11 is 2.40. The van der Waals surface area contributed by atoms with Crippen molar-refractivity contribution in [3.63, 3.8) is 0 Å². The predicted molar refractivity (Wildman–Crippen MR) is 223 cm³/mol. The van der Waals surface area contributed by atoms with Gasteiger partial charge in [-0.05, 0) is 42.8 Å². The average Bonchev–Trinajstić information content (AvgIpc) is 3.67. The van der Waals surface area contributed by atoms with Gasteiger partial charge in [-0.1, -0.05) is 36.4 Å². The average molecular weight is 909 g/mol. The Balaban J connectivity index is 1.10. The molecule has 0 saturated carbocycles. The molecule has 0 aliphatic carbocycles. The first-order chi connectivity index (χ1) is 27.1. The summed E-state index contributed by atoms with van der Waals surface area (Å²) in [5.41, 5.74) is 13.4. The molecule has 0 atom stereocenters. The Morgan fingerprint density at radius 1 is 0.679 bits per heavy atom. The number of para-hydroxylation sites is 4. The summed E-state index contributed by atoms with van der Waals surface area (Å²) in [6, 6.07) is 52.7. The number of hydrogen-bond donors (Lipinski definition) is 0. The number of rotatable bonds is 5. The van der Waals surface area contributed by atoms with E-state index in [4.69, 9.17) is 9.72 Å². The van der Waals surface area contributed by atoms with Crippen molar-refractivity contribution in [2.45, 2.75) is 39.7 Å². The number of anilines is 2. The van der Waals surface area contributed by atoms with E-state index in [1.54, 1.807) is 0 Å². The Hall–Kier alpha value is -5.97. The van der Waals surface area contributed by atoms with E-state index in [-0.39, 0.29) is 5.41 Å². The molecular formula is C49H39N5OPt-2. The topological polar surface area (TPSA) is 40.1 Å². The number of fused-ring (bicyclic) bond motifs is 7. The molecule has 0 bridgehead atoms. The van der Waals surface area contributed by atoms with Gasteiger partial charge in [-0.2, -0.15) is 0 Å². The summed E-state index contributed by atoms with van der Waals surface area (Å²) in [5, 5.41) is 2.50. The molecule has 0 unspecified atom stereocenters. The van der Waals surface area contributed by atoms with Crippen molar-refractivity contribution >= 4 is 44.3 Å². The number of ether oxygens (including phenoxy) is 1. The van der Waals surface area contributed by atoms with Crippen LogP contribution in [0.3, 0.4) is 0 Å². The number of hydrogen-bond acceptors (Lipinski definition) is 3. The molecule has 4 heterocycles. The molecule has 0 fully saturated rings. The second-order valence-corrected chi connectivity index (χ2v) is 16.7. The molecule has 3 aromatic heterocycles. The Bertz CT molecular complexity index is 3030. The van der Waals surface area contributed by atoms with Crippen LogP contribution in [0.25, 0.3) is 55.3 Å². The molecule has 0 saturated heterocycles. The second kappa shape index (κ2) is 13.1. The third kappa shape index (κ3) is 5.66. The summed E-state index contributed by atoms with van der Waals surface area (Å²) in [6.45, 7) is 9.44. The van der Waals surface area contributed by atoms with Crippen molar-refractivity contribution in [1.82, 2.24) is 18.7 Å². The maximum absolute atomic E-state index is 6.76. The summed E-state index contributed by atoms with van der Waals surface area (Å²) in [6.07, 6.45) is 1.88. The van der Waals surface area contributed by atoms with Crippen LogP contribution in [0.5, 0.6) is 11.5 Å². The van der Waals surface area contributed by atoms with Crippen LogP contribution in [0.2, 0.25) is 0 Å². The van der Waals surface area contributed by atoms with Crippen molar-refractivity contribution in [3.05, 3.63) is 166 Å². The number of aryl methyl sites for hydroxylation is 2. The molecule has 56 heavy (non-hydrogen) atoms. The van der Waals surface area contributed by atoms with Gasteiger partial charge in [0.2, 0.25) is 0 Å². The van der Waals surface area contributed by atoms with Gasteiger partial charge in [0.05, 0.1) is 11.0 Å². The third-order valence-electron chi connectivity index (χ3n) is 11.0. The molecule has 0 N–H and O–H groups in total. The fraction of sp³-hybridized carbons (Fsp3) is 0.143. The van der Waals surface area contributed by atoms with Crippen LogP contribution in [-0.4, -0.2) is 18.7 Å². The van der Waals surface area contributed by atoms with Gasteiger partial charge in [-0.3, -0.25) is 0 Å². The minimum atomic E-state index is -0.117. The third-order valence-corrected chi connectivity index (χ3v) is 12.2. The number of benzene rings is 6. The fourth-order valence-electron chi connectivity index (χ4n) is 8.13. The molecule has 6 aromatic carbocycles. The van der Waals surface area contributed by atoms with Gasteiger partial charge >= 0.3 is 221 Å². The summed E-state index contributed by atoms with van der Waals surface area (Å²) in [4.78, 5) is 7.14. The van der Waals surface area contributed by atoms with E-state index in [0.717, 1.165) is 54.4 Å². The van der Waals surface area contributed by atoms with Gasteiger partial charge < -0.3 is 4.57 Å². The molecule has 6 nitrogen and oxygen atoms in total. The molecule has 0 radical (unpaired) electrons. The minimum absolute atomic E-state index is 0.117. The van der Waals surface area contributed by atoms with E-state index in [1.807, 2.05) is 18.3 Å².